The lowest BCUT2D eigenvalue weighted by Gasteiger charge is -2.37. The molecule has 1 amide bonds. The molecule has 1 atom stereocenters. The molecule has 0 unspecified atom stereocenters. The number of fused-ring (bicyclic) bond motifs is 1. The topological polar surface area (TPSA) is 102 Å². The molecule has 2 N–H and O–H groups in total. The number of sulfonamides is 1. The van der Waals surface area contributed by atoms with Crippen molar-refractivity contribution >= 4 is 15.9 Å². The molecule has 9 heteroatoms. The van der Waals surface area contributed by atoms with Crippen LogP contribution >= 0.6 is 0 Å². The number of hydrogen-bond donors (Lipinski definition) is 1. The molecular formula is C21H25N3O5S. The van der Waals surface area contributed by atoms with E-state index in [2.05, 4.69) is 0 Å². The molecule has 4 rings (SSSR count). The molecule has 1 fully saturated rings. The van der Waals surface area contributed by atoms with Gasteiger partial charge in [0.1, 0.15) is 6.04 Å². The first-order valence-corrected chi connectivity index (χ1v) is 11.4. The smallest absolute Gasteiger partial charge is 0.243 e. The molecule has 160 valence electrons. The maximum atomic E-state index is 13.2. The summed E-state index contributed by atoms with van der Waals surface area (Å²) in [6, 6.07) is 13.4. The fourth-order valence-corrected chi connectivity index (χ4v) is 5.28. The number of nitrogens with zero attached hydrogens (tertiary/aromatic N) is 2. The van der Waals surface area contributed by atoms with E-state index >= 15 is 0 Å². The van der Waals surface area contributed by atoms with Crippen molar-refractivity contribution in [1.29, 1.82) is 0 Å². The molecular weight excluding hydrogens is 406 g/mol. The minimum atomic E-state index is -3.69. The molecule has 2 heterocycles. The molecule has 2 aliphatic heterocycles. The van der Waals surface area contributed by atoms with E-state index < -0.39 is 22.0 Å². The van der Waals surface area contributed by atoms with Crippen molar-refractivity contribution in [2.45, 2.75) is 17.4 Å². The lowest BCUT2D eigenvalue weighted by Crippen LogP contribution is -2.51. The summed E-state index contributed by atoms with van der Waals surface area (Å²) in [7, 11) is -3.69. The van der Waals surface area contributed by atoms with Gasteiger partial charge >= 0.3 is 0 Å². The van der Waals surface area contributed by atoms with Crippen LogP contribution in [0.1, 0.15) is 18.0 Å². The quantitative estimate of drug-likeness (QED) is 0.767. The van der Waals surface area contributed by atoms with Crippen LogP contribution in [0.4, 0.5) is 0 Å². The molecule has 0 radical (unpaired) electrons. The van der Waals surface area contributed by atoms with E-state index in [-0.39, 0.29) is 18.0 Å². The van der Waals surface area contributed by atoms with E-state index in [1.54, 1.807) is 12.1 Å². The van der Waals surface area contributed by atoms with Crippen LogP contribution in [0.15, 0.2) is 53.4 Å². The molecule has 2 aliphatic rings. The maximum Gasteiger partial charge on any atom is 0.243 e. The van der Waals surface area contributed by atoms with Gasteiger partial charge in [-0.1, -0.05) is 30.3 Å². The summed E-state index contributed by atoms with van der Waals surface area (Å²) >= 11 is 0. The Hall–Kier alpha value is -2.62. The Morgan fingerprint density at radius 1 is 0.933 bits per heavy atom. The van der Waals surface area contributed by atoms with E-state index in [1.165, 1.54) is 10.4 Å². The molecule has 30 heavy (non-hydrogen) atoms. The standard InChI is InChI=1S/C21H25N3O5S/c22-21(25)20(16-5-2-1-3-6-16)23-9-11-24(12-10-23)30(26,27)17-7-8-18-19(15-17)29-14-4-13-28-18/h1-3,5-8,15,20H,4,9-14H2,(H2,22,25)/t20-/m1/s1. The van der Waals surface area contributed by atoms with Gasteiger partial charge < -0.3 is 15.2 Å². The van der Waals surface area contributed by atoms with Crippen LogP contribution < -0.4 is 15.2 Å². The molecule has 0 spiro atoms. The highest BCUT2D eigenvalue weighted by Gasteiger charge is 2.34. The van der Waals surface area contributed by atoms with Gasteiger partial charge in [-0.3, -0.25) is 9.69 Å². The Bertz CT molecular complexity index is 1000. The van der Waals surface area contributed by atoms with Crippen LogP contribution in [0.5, 0.6) is 11.5 Å². The average Bonchev–Trinajstić information content (AvgIpc) is 3.00. The number of ether oxygens (including phenoxy) is 2. The average molecular weight is 432 g/mol. The zero-order chi connectivity index (χ0) is 21.1. The fourth-order valence-electron chi connectivity index (χ4n) is 3.85. The fraction of sp³-hybridized carbons (Fsp3) is 0.381. The van der Waals surface area contributed by atoms with Gasteiger partial charge in [0.25, 0.3) is 0 Å². The molecule has 0 saturated carbocycles. The van der Waals surface area contributed by atoms with Crippen molar-refractivity contribution in [1.82, 2.24) is 9.21 Å². The lowest BCUT2D eigenvalue weighted by atomic mass is 10.0. The van der Waals surface area contributed by atoms with Crippen LogP contribution in [-0.4, -0.2) is 62.9 Å². The number of nitrogens with two attached hydrogens (primary N) is 1. The third-order valence-electron chi connectivity index (χ3n) is 5.38. The molecule has 8 nitrogen and oxygen atoms in total. The zero-order valence-electron chi connectivity index (χ0n) is 16.6. The van der Waals surface area contributed by atoms with Crippen molar-refractivity contribution in [2.75, 3.05) is 39.4 Å². The second-order valence-corrected chi connectivity index (χ2v) is 9.25. The predicted molar refractivity (Wildman–Crippen MR) is 111 cm³/mol. The zero-order valence-corrected chi connectivity index (χ0v) is 17.4. The highest BCUT2D eigenvalue weighted by Crippen LogP contribution is 2.33. The first-order valence-electron chi connectivity index (χ1n) is 9.95. The molecule has 0 aliphatic carbocycles. The Morgan fingerprint density at radius 2 is 1.60 bits per heavy atom. The van der Waals surface area contributed by atoms with Gasteiger partial charge in [0.15, 0.2) is 11.5 Å². The van der Waals surface area contributed by atoms with Gasteiger partial charge in [-0.2, -0.15) is 4.31 Å². The number of piperazine rings is 1. The third kappa shape index (κ3) is 4.14. The van der Waals surface area contributed by atoms with Crippen molar-refractivity contribution in [3.63, 3.8) is 0 Å². The van der Waals surface area contributed by atoms with Crippen LogP contribution in [0.3, 0.4) is 0 Å². The van der Waals surface area contributed by atoms with Crippen molar-refractivity contribution in [3.8, 4) is 11.5 Å². The summed E-state index contributed by atoms with van der Waals surface area (Å²) in [5.41, 5.74) is 6.46. The summed E-state index contributed by atoms with van der Waals surface area (Å²) in [4.78, 5) is 14.2. The number of rotatable bonds is 5. The molecule has 2 aromatic carbocycles. The second kappa shape index (κ2) is 8.63. The number of primary amides is 1. The highest BCUT2D eigenvalue weighted by molar-refractivity contribution is 7.89. The molecule has 0 bridgehead atoms. The van der Waals surface area contributed by atoms with Gasteiger partial charge in [0, 0.05) is 38.7 Å². The first kappa shape index (κ1) is 20.6. The second-order valence-electron chi connectivity index (χ2n) is 7.31. The molecule has 2 aromatic rings. The van der Waals surface area contributed by atoms with Gasteiger partial charge in [-0.15, -0.1) is 0 Å². The predicted octanol–water partition coefficient (Wildman–Crippen LogP) is 1.38. The van der Waals surface area contributed by atoms with Gasteiger partial charge in [-0.05, 0) is 17.7 Å². The molecule has 1 saturated heterocycles. The Morgan fingerprint density at radius 3 is 2.27 bits per heavy atom. The van der Waals surface area contributed by atoms with E-state index in [0.717, 1.165) is 12.0 Å². The SMILES string of the molecule is NC(=O)[C@@H](c1ccccc1)N1CCN(S(=O)(=O)c2ccc3c(c2)OCCCO3)CC1. The van der Waals surface area contributed by atoms with Gasteiger partial charge in [-0.25, -0.2) is 8.42 Å². The summed E-state index contributed by atoms with van der Waals surface area (Å²) in [6.07, 6.45) is 0.751. The van der Waals surface area contributed by atoms with Crippen LogP contribution in [0, 0.1) is 0 Å². The third-order valence-corrected chi connectivity index (χ3v) is 7.27. The maximum absolute atomic E-state index is 13.2. The van der Waals surface area contributed by atoms with E-state index in [1.807, 2.05) is 35.2 Å². The van der Waals surface area contributed by atoms with Crippen LogP contribution in [0.2, 0.25) is 0 Å². The van der Waals surface area contributed by atoms with E-state index in [9.17, 15) is 13.2 Å². The van der Waals surface area contributed by atoms with Crippen molar-refractivity contribution < 1.29 is 22.7 Å². The van der Waals surface area contributed by atoms with E-state index in [4.69, 9.17) is 15.2 Å². The number of amides is 1. The summed E-state index contributed by atoms with van der Waals surface area (Å²) < 4.78 is 39.0. The Labute approximate surface area is 176 Å². The monoisotopic (exact) mass is 431 g/mol. The molecule has 0 aromatic heterocycles. The van der Waals surface area contributed by atoms with Crippen molar-refractivity contribution in [2.24, 2.45) is 5.73 Å². The lowest BCUT2D eigenvalue weighted by molar-refractivity contribution is -0.124. The van der Waals surface area contributed by atoms with Gasteiger partial charge in [0.2, 0.25) is 15.9 Å². The van der Waals surface area contributed by atoms with E-state index in [0.29, 0.717) is 37.8 Å². The summed E-state index contributed by atoms with van der Waals surface area (Å²) in [5.74, 6) is 0.564. The highest BCUT2D eigenvalue weighted by atomic mass is 32.2. The number of benzene rings is 2. The minimum absolute atomic E-state index is 0.176. The van der Waals surface area contributed by atoms with Crippen molar-refractivity contribution in [3.05, 3.63) is 54.1 Å². The Kier molecular flexibility index (Phi) is 5.94. The normalized spacial score (nSPS) is 19.1. The number of carbonyl (C=O) groups is 1. The first-order chi connectivity index (χ1) is 14.5. The number of carbonyl (C=O) groups excluding carboxylic acids is 1. The summed E-state index contributed by atoms with van der Waals surface area (Å²) in [6.45, 7) is 2.39. The minimum Gasteiger partial charge on any atom is -0.490 e. The number of hydrogen-bond acceptors (Lipinski definition) is 6. The van der Waals surface area contributed by atoms with Gasteiger partial charge in [0.05, 0.1) is 18.1 Å². The van der Waals surface area contributed by atoms with Crippen LogP contribution in [-0.2, 0) is 14.8 Å². The van der Waals surface area contributed by atoms with Crippen LogP contribution in [0.25, 0.3) is 0 Å². The Balaban J connectivity index is 1.49. The largest absolute Gasteiger partial charge is 0.490 e. The summed E-state index contributed by atoms with van der Waals surface area (Å²) in [5, 5.41) is 0.